The first kappa shape index (κ1) is 17.3. The summed E-state index contributed by atoms with van der Waals surface area (Å²) in [6, 6.07) is 5.99. The predicted molar refractivity (Wildman–Crippen MR) is 83.8 cm³/mol. The van der Waals surface area contributed by atoms with Crippen LogP contribution in [0, 0.1) is 0 Å². The molecule has 1 aromatic carbocycles. The number of likely N-dealkylation sites (N-methyl/N-ethyl adjacent to an activating group) is 1. The molecule has 0 heterocycles. The van der Waals surface area contributed by atoms with Crippen LogP contribution < -0.4 is 14.8 Å². The van der Waals surface area contributed by atoms with E-state index in [1.165, 1.54) is 0 Å². The van der Waals surface area contributed by atoms with Crippen LogP contribution in [-0.2, 0) is 11.3 Å². The van der Waals surface area contributed by atoms with Gasteiger partial charge in [-0.05, 0) is 38.1 Å². The molecule has 0 fully saturated rings. The van der Waals surface area contributed by atoms with Crippen molar-refractivity contribution in [2.24, 2.45) is 0 Å². The van der Waals surface area contributed by atoms with E-state index in [9.17, 15) is 4.79 Å². The highest BCUT2D eigenvalue weighted by Gasteiger charge is 2.12. The zero-order chi connectivity index (χ0) is 15.8. The highest BCUT2D eigenvalue weighted by molar-refractivity contribution is 5.78. The lowest BCUT2D eigenvalue weighted by Gasteiger charge is -2.21. The summed E-state index contributed by atoms with van der Waals surface area (Å²) >= 11 is 0. The maximum atomic E-state index is 11.8. The van der Waals surface area contributed by atoms with Crippen molar-refractivity contribution in [2.75, 3.05) is 27.3 Å². The molecule has 1 amide bonds. The number of carbonyl (C=O) groups is 1. The van der Waals surface area contributed by atoms with E-state index in [0.717, 1.165) is 12.1 Å². The van der Waals surface area contributed by atoms with Crippen molar-refractivity contribution in [2.45, 2.75) is 33.4 Å². The van der Waals surface area contributed by atoms with Crippen LogP contribution in [0.15, 0.2) is 18.2 Å². The summed E-state index contributed by atoms with van der Waals surface area (Å²) in [6.07, 6.45) is 0. The first-order valence-electron chi connectivity index (χ1n) is 7.22. The number of nitrogens with zero attached hydrogens (tertiary/aromatic N) is 1. The number of methoxy groups -OCH3 is 2. The Kier molecular flexibility index (Phi) is 7.02. The summed E-state index contributed by atoms with van der Waals surface area (Å²) in [5.74, 6) is 1.46. The highest BCUT2D eigenvalue weighted by atomic mass is 16.5. The van der Waals surface area contributed by atoms with Gasteiger partial charge in [-0.25, -0.2) is 0 Å². The average molecular weight is 294 g/mol. The molecule has 0 bridgehead atoms. The van der Waals surface area contributed by atoms with E-state index >= 15 is 0 Å². The lowest BCUT2D eigenvalue weighted by Crippen LogP contribution is -2.39. The van der Waals surface area contributed by atoms with Crippen LogP contribution in [0.4, 0.5) is 0 Å². The van der Waals surface area contributed by atoms with Gasteiger partial charge in [-0.15, -0.1) is 0 Å². The Morgan fingerprint density at radius 3 is 2.43 bits per heavy atom. The minimum Gasteiger partial charge on any atom is -0.493 e. The number of nitrogens with one attached hydrogen (secondary N) is 1. The molecule has 0 atom stereocenters. The fourth-order valence-corrected chi connectivity index (χ4v) is 2.09. The number of amides is 1. The Labute approximate surface area is 127 Å². The predicted octanol–water partition coefficient (Wildman–Crippen LogP) is 2.05. The van der Waals surface area contributed by atoms with Gasteiger partial charge in [0.2, 0.25) is 5.91 Å². The molecule has 0 aromatic heterocycles. The van der Waals surface area contributed by atoms with Gasteiger partial charge >= 0.3 is 0 Å². The number of hydrogen-bond donors (Lipinski definition) is 1. The van der Waals surface area contributed by atoms with Crippen molar-refractivity contribution in [3.8, 4) is 11.5 Å². The van der Waals surface area contributed by atoms with Crippen molar-refractivity contribution in [1.29, 1.82) is 0 Å². The van der Waals surface area contributed by atoms with Gasteiger partial charge in [-0.1, -0.05) is 13.0 Å². The Bertz CT molecular complexity index is 461. The summed E-state index contributed by atoms with van der Waals surface area (Å²) in [6.45, 7) is 7.86. The molecule has 21 heavy (non-hydrogen) atoms. The van der Waals surface area contributed by atoms with Crippen LogP contribution in [0.1, 0.15) is 26.3 Å². The third kappa shape index (κ3) is 5.63. The number of rotatable bonds is 8. The molecule has 0 saturated heterocycles. The minimum atomic E-state index is 0.0485. The monoisotopic (exact) mass is 294 g/mol. The van der Waals surface area contributed by atoms with Crippen molar-refractivity contribution >= 4 is 5.91 Å². The molecule has 1 N–H and O–H groups in total. The van der Waals surface area contributed by atoms with Crippen LogP contribution >= 0.6 is 0 Å². The van der Waals surface area contributed by atoms with Gasteiger partial charge < -0.3 is 14.8 Å². The van der Waals surface area contributed by atoms with E-state index in [1.54, 1.807) is 14.2 Å². The second kappa shape index (κ2) is 8.52. The SMILES string of the molecule is CCN(CC(=O)NC(C)C)Cc1ccc(OC)c(OC)c1. The second-order valence-corrected chi connectivity index (χ2v) is 5.21. The van der Waals surface area contributed by atoms with E-state index in [4.69, 9.17) is 9.47 Å². The Morgan fingerprint density at radius 2 is 1.90 bits per heavy atom. The molecular formula is C16H26N2O3. The fourth-order valence-electron chi connectivity index (χ4n) is 2.09. The standard InChI is InChI=1S/C16H26N2O3/c1-6-18(11-16(19)17-12(2)3)10-13-7-8-14(20-4)15(9-13)21-5/h7-9,12H,6,10-11H2,1-5H3,(H,17,19). The topological polar surface area (TPSA) is 50.8 Å². The third-order valence-corrected chi connectivity index (χ3v) is 3.12. The van der Waals surface area contributed by atoms with Gasteiger partial charge in [0.05, 0.1) is 20.8 Å². The van der Waals surface area contributed by atoms with Crippen LogP contribution in [0.5, 0.6) is 11.5 Å². The maximum absolute atomic E-state index is 11.8. The van der Waals surface area contributed by atoms with Crippen LogP contribution in [0.3, 0.4) is 0 Å². The van der Waals surface area contributed by atoms with E-state index in [1.807, 2.05) is 39.0 Å². The van der Waals surface area contributed by atoms with E-state index in [0.29, 0.717) is 24.6 Å². The molecule has 0 aliphatic rings. The molecule has 0 aliphatic carbocycles. The molecule has 118 valence electrons. The zero-order valence-electron chi connectivity index (χ0n) is 13.6. The smallest absolute Gasteiger partial charge is 0.234 e. The highest BCUT2D eigenvalue weighted by Crippen LogP contribution is 2.27. The lowest BCUT2D eigenvalue weighted by atomic mass is 10.2. The zero-order valence-corrected chi connectivity index (χ0v) is 13.6. The van der Waals surface area contributed by atoms with E-state index in [2.05, 4.69) is 10.2 Å². The molecule has 1 aromatic rings. The molecule has 1 rings (SSSR count). The summed E-state index contributed by atoms with van der Waals surface area (Å²) in [4.78, 5) is 13.9. The molecule has 0 aliphatic heterocycles. The molecule has 0 spiro atoms. The van der Waals surface area contributed by atoms with Gasteiger partial charge in [0.15, 0.2) is 11.5 Å². The van der Waals surface area contributed by atoms with Gasteiger partial charge in [0.1, 0.15) is 0 Å². The summed E-state index contributed by atoms with van der Waals surface area (Å²) in [5, 5.41) is 2.91. The number of ether oxygens (including phenoxy) is 2. The Morgan fingerprint density at radius 1 is 1.24 bits per heavy atom. The van der Waals surface area contributed by atoms with Gasteiger partial charge in [-0.3, -0.25) is 9.69 Å². The summed E-state index contributed by atoms with van der Waals surface area (Å²) in [5.41, 5.74) is 1.09. The first-order valence-corrected chi connectivity index (χ1v) is 7.22. The second-order valence-electron chi connectivity index (χ2n) is 5.21. The van der Waals surface area contributed by atoms with Gasteiger partial charge in [0, 0.05) is 12.6 Å². The van der Waals surface area contributed by atoms with Crippen molar-refractivity contribution in [3.63, 3.8) is 0 Å². The summed E-state index contributed by atoms with van der Waals surface area (Å²) < 4.78 is 10.5. The average Bonchev–Trinajstić information content (AvgIpc) is 2.45. The van der Waals surface area contributed by atoms with Crippen molar-refractivity contribution in [1.82, 2.24) is 10.2 Å². The van der Waals surface area contributed by atoms with Crippen molar-refractivity contribution < 1.29 is 14.3 Å². The molecule has 5 heteroatoms. The fraction of sp³-hybridized carbons (Fsp3) is 0.562. The first-order chi connectivity index (χ1) is 9.99. The molecular weight excluding hydrogens is 268 g/mol. The van der Waals surface area contributed by atoms with Crippen LogP contribution in [-0.4, -0.2) is 44.2 Å². The van der Waals surface area contributed by atoms with Gasteiger partial charge in [0.25, 0.3) is 0 Å². The van der Waals surface area contributed by atoms with Gasteiger partial charge in [-0.2, -0.15) is 0 Å². The molecule has 0 saturated carbocycles. The largest absolute Gasteiger partial charge is 0.493 e. The quantitative estimate of drug-likeness (QED) is 0.797. The lowest BCUT2D eigenvalue weighted by molar-refractivity contribution is -0.122. The molecule has 0 radical (unpaired) electrons. The van der Waals surface area contributed by atoms with E-state index < -0.39 is 0 Å². The number of hydrogen-bond acceptors (Lipinski definition) is 4. The molecule has 0 unspecified atom stereocenters. The maximum Gasteiger partial charge on any atom is 0.234 e. The number of benzene rings is 1. The Hall–Kier alpha value is -1.75. The summed E-state index contributed by atoms with van der Waals surface area (Å²) in [7, 11) is 3.24. The van der Waals surface area contributed by atoms with Crippen molar-refractivity contribution in [3.05, 3.63) is 23.8 Å². The van der Waals surface area contributed by atoms with Crippen LogP contribution in [0.25, 0.3) is 0 Å². The normalized spacial score (nSPS) is 10.8. The molecule has 5 nitrogen and oxygen atoms in total. The third-order valence-electron chi connectivity index (χ3n) is 3.12. The van der Waals surface area contributed by atoms with Crippen LogP contribution in [0.2, 0.25) is 0 Å². The Balaban J connectivity index is 2.70. The van der Waals surface area contributed by atoms with E-state index in [-0.39, 0.29) is 11.9 Å². The minimum absolute atomic E-state index is 0.0485. The number of carbonyl (C=O) groups excluding carboxylic acids is 1.